The fraction of sp³-hybridized carbons (Fsp3) is 0.556. The van der Waals surface area contributed by atoms with Crippen molar-refractivity contribution >= 4 is 13.6 Å². The summed E-state index contributed by atoms with van der Waals surface area (Å²) in [5, 5.41) is 0. The van der Waals surface area contributed by atoms with Gasteiger partial charge in [-0.3, -0.25) is 4.57 Å². The third-order valence-electron chi connectivity index (χ3n) is 5.80. The van der Waals surface area contributed by atoms with Gasteiger partial charge in [-0.15, -0.1) is 0 Å². The molecule has 4 aliphatic carbocycles. The van der Waals surface area contributed by atoms with Crippen molar-refractivity contribution in [2.24, 2.45) is 23.7 Å². The first kappa shape index (κ1) is 22.0. The molecule has 0 amide bonds. The van der Waals surface area contributed by atoms with Gasteiger partial charge in [0.05, 0.1) is 7.11 Å². The molecule has 8 heteroatoms. The second-order valence-electron chi connectivity index (χ2n) is 7.38. The van der Waals surface area contributed by atoms with Crippen LogP contribution in [0.2, 0.25) is 0 Å². The number of phosphoric acid groups is 1. The molecule has 4 saturated carbocycles. The number of allylic oxidation sites excluding steroid dienone is 1. The standard InChI is InChI=1S/C18H23O5P.H3N.Na/c1-22-18(13-3-2-4-16(10-13)23-24(19,20)21)17-14-6-11-5-12(8-14)9-15(17)7-11;;/h2-4,10-12,14-15H,5-9H2,1H3,(H2,19,20,21);1H3;/q;;+1/p-1. The van der Waals surface area contributed by atoms with E-state index in [1.54, 1.807) is 19.2 Å². The van der Waals surface area contributed by atoms with Crippen LogP contribution in [0, 0.1) is 23.7 Å². The van der Waals surface area contributed by atoms with Gasteiger partial charge in [-0.05, 0) is 73.5 Å². The van der Waals surface area contributed by atoms with E-state index in [2.05, 4.69) is 4.52 Å². The van der Waals surface area contributed by atoms with Gasteiger partial charge in [0.1, 0.15) is 11.5 Å². The van der Waals surface area contributed by atoms with Crippen molar-refractivity contribution in [2.45, 2.75) is 32.1 Å². The Morgan fingerprint density at radius 1 is 1.15 bits per heavy atom. The van der Waals surface area contributed by atoms with Crippen LogP contribution in [-0.4, -0.2) is 12.0 Å². The van der Waals surface area contributed by atoms with Crippen molar-refractivity contribution < 1.29 is 53.2 Å². The van der Waals surface area contributed by atoms with Gasteiger partial charge < -0.3 is 25.2 Å². The van der Waals surface area contributed by atoms with E-state index in [9.17, 15) is 9.46 Å². The summed E-state index contributed by atoms with van der Waals surface area (Å²) >= 11 is 0. The zero-order chi connectivity index (χ0) is 16.9. The number of phosphoric ester groups is 1. The Balaban J connectivity index is 0.00000121. The number of hydrogen-bond acceptors (Lipinski definition) is 5. The summed E-state index contributed by atoms with van der Waals surface area (Å²) in [6.45, 7) is 0. The summed E-state index contributed by atoms with van der Waals surface area (Å²) in [7, 11) is -3.13. The molecule has 4 fully saturated rings. The third-order valence-corrected chi connectivity index (χ3v) is 6.24. The molecule has 138 valence electrons. The fourth-order valence-electron chi connectivity index (χ4n) is 5.29. The Labute approximate surface area is 176 Å². The summed E-state index contributed by atoms with van der Waals surface area (Å²) in [5.41, 5.74) is 2.21. The molecule has 0 spiro atoms. The number of hydrogen-bond donors (Lipinski definition) is 2. The van der Waals surface area contributed by atoms with Crippen LogP contribution in [0.15, 0.2) is 29.8 Å². The maximum absolute atomic E-state index is 11.0. The molecule has 4 aliphatic rings. The van der Waals surface area contributed by atoms with E-state index in [-0.39, 0.29) is 41.5 Å². The predicted octanol–water partition coefficient (Wildman–Crippen LogP) is 0.506. The van der Waals surface area contributed by atoms with Crippen LogP contribution in [0.25, 0.3) is 5.76 Å². The average Bonchev–Trinajstić information content (AvgIpc) is 2.48. The minimum absolute atomic E-state index is 0. The first-order chi connectivity index (χ1) is 11.4. The van der Waals surface area contributed by atoms with Crippen LogP contribution >= 0.6 is 7.82 Å². The zero-order valence-corrected chi connectivity index (χ0v) is 18.3. The molecule has 1 unspecified atom stereocenters. The van der Waals surface area contributed by atoms with Gasteiger partial charge in [0.15, 0.2) is 0 Å². The molecule has 1 atom stereocenters. The van der Waals surface area contributed by atoms with Crippen LogP contribution in [0.4, 0.5) is 0 Å². The van der Waals surface area contributed by atoms with Crippen LogP contribution in [0.3, 0.4) is 0 Å². The zero-order valence-electron chi connectivity index (χ0n) is 15.4. The van der Waals surface area contributed by atoms with Crippen LogP contribution in [0.1, 0.15) is 37.7 Å². The number of ether oxygens (including phenoxy) is 1. The van der Waals surface area contributed by atoms with E-state index in [0.29, 0.717) is 11.8 Å². The molecule has 1 aromatic carbocycles. The largest absolute Gasteiger partial charge is 1.00 e. The summed E-state index contributed by atoms with van der Waals surface area (Å²) in [6.07, 6.45) is 6.38. The van der Waals surface area contributed by atoms with Crippen LogP contribution in [0.5, 0.6) is 5.75 Å². The molecular formula is C18H25NNaO5P. The van der Waals surface area contributed by atoms with Crippen LogP contribution in [-0.2, 0) is 9.30 Å². The van der Waals surface area contributed by atoms with E-state index in [1.165, 1.54) is 43.7 Å². The Hall–Kier alpha value is -0.330. The monoisotopic (exact) mass is 389 g/mol. The maximum atomic E-state index is 11.0. The Morgan fingerprint density at radius 3 is 2.23 bits per heavy atom. The van der Waals surface area contributed by atoms with E-state index < -0.39 is 7.82 Å². The number of rotatable bonds is 4. The van der Waals surface area contributed by atoms with Crippen molar-refractivity contribution in [2.75, 3.05) is 7.11 Å². The SMILES string of the molecule is COC(=C1C2CC3CC(C2)CC1C3)c1cccc(OP(=O)([O-])O)c1.N.[Na+]. The number of benzene rings is 1. The van der Waals surface area contributed by atoms with Crippen molar-refractivity contribution in [1.29, 1.82) is 0 Å². The Kier molecular flexibility index (Phi) is 7.06. The van der Waals surface area contributed by atoms with E-state index in [4.69, 9.17) is 9.63 Å². The molecule has 5 rings (SSSR count). The molecule has 26 heavy (non-hydrogen) atoms. The number of methoxy groups -OCH3 is 1. The molecule has 4 bridgehead atoms. The minimum atomic E-state index is -4.81. The van der Waals surface area contributed by atoms with Gasteiger partial charge in [0.2, 0.25) is 0 Å². The molecule has 4 N–H and O–H groups in total. The summed E-state index contributed by atoms with van der Waals surface area (Å²) in [5.74, 6) is 3.86. The van der Waals surface area contributed by atoms with Crippen molar-refractivity contribution in [3.05, 3.63) is 35.4 Å². The smallest absolute Gasteiger partial charge is 0.746 e. The molecule has 0 heterocycles. The molecule has 6 nitrogen and oxygen atoms in total. The van der Waals surface area contributed by atoms with Gasteiger partial charge in [-0.1, -0.05) is 12.1 Å². The van der Waals surface area contributed by atoms with Crippen LogP contribution < -0.4 is 45.1 Å². The predicted molar refractivity (Wildman–Crippen MR) is 92.9 cm³/mol. The summed E-state index contributed by atoms with van der Waals surface area (Å²) in [6, 6.07) is 6.75. The molecule has 0 aliphatic heterocycles. The molecular weight excluding hydrogens is 364 g/mol. The van der Waals surface area contributed by atoms with Crippen molar-refractivity contribution in [3.63, 3.8) is 0 Å². The fourth-order valence-corrected chi connectivity index (χ4v) is 5.67. The van der Waals surface area contributed by atoms with Gasteiger partial charge in [-0.25, -0.2) is 0 Å². The maximum Gasteiger partial charge on any atom is 1.00 e. The van der Waals surface area contributed by atoms with Gasteiger partial charge in [0.25, 0.3) is 0 Å². The second kappa shape index (κ2) is 8.36. The first-order valence-corrected chi connectivity index (χ1v) is 10.0. The molecule has 0 radical (unpaired) electrons. The molecule has 0 saturated heterocycles. The van der Waals surface area contributed by atoms with Crippen molar-refractivity contribution in [1.82, 2.24) is 6.15 Å². The third kappa shape index (κ3) is 4.39. The Bertz CT molecular complexity index is 702. The minimum Gasteiger partial charge on any atom is -0.746 e. The molecule has 0 aromatic heterocycles. The van der Waals surface area contributed by atoms with Gasteiger partial charge in [0, 0.05) is 5.56 Å². The summed E-state index contributed by atoms with van der Waals surface area (Å²) < 4.78 is 21.4. The molecule has 1 aromatic rings. The van der Waals surface area contributed by atoms with Gasteiger partial charge in [-0.2, -0.15) is 0 Å². The van der Waals surface area contributed by atoms with E-state index in [0.717, 1.165) is 23.2 Å². The average molecular weight is 389 g/mol. The topological polar surface area (TPSA) is 114 Å². The van der Waals surface area contributed by atoms with Crippen molar-refractivity contribution in [3.8, 4) is 5.75 Å². The van der Waals surface area contributed by atoms with Gasteiger partial charge >= 0.3 is 37.4 Å². The summed E-state index contributed by atoms with van der Waals surface area (Å²) in [4.78, 5) is 19.9. The normalized spacial score (nSPS) is 30.7. The quantitative estimate of drug-likeness (QED) is 0.441. The van der Waals surface area contributed by atoms with E-state index >= 15 is 0 Å². The van der Waals surface area contributed by atoms with E-state index in [1.807, 2.05) is 6.07 Å². The first-order valence-electron chi connectivity index (χ1n) is 8.55. The Morgan fingerprint density at radius 2 is 1.73 bits per heavy atom. The second-order valence-corrected chi connectivity index (χ2v) is 8.50.